The van der Waals surface area contributed by atoms with Crippen LogP contribution in [0.5, 0.6) is 0 Å². The Balaban J connectivity index is 1.64. The van der Waals surface area contributed by atoms with Crippen LogP contribution in [0.2, 0.25) is 0 Å². The van der Waals surface area contributed by atoms with Crippen molar-refractivity contribution in [3.05, 3.63) is 60.2 Å². The molecule has 0 heterocycles. The number of carbonyl (C=O) groups is 1. The third kappa shape index (κ3) is 4.56. The Labute approximate surface area is 179 Å². The van der Waals surface area contributed by atoms with Crippen molar-refractivity contribution in [3.8, 4) is 0 Å². The molecule has 5 nitrogen and oxygen atoms in total. The third-order valence-electron chi connectivity index (χ3n) is 6.16. The predicted molar refractivity (Wildman–Crippen MR) is 110 cm³/mol. The molecule has 3 atom stereocenters. The molecular formula is C22H23F3N2O3S. The van der Waals surface area contributed by atoms with Crippen LogP contribution in [0, 0.1) is 11.8 Å². The van der Waals surface area contributed by atoms with Crippen molar-refractivity contribution in [2.45, 2.75) is 42.8 Å². The van der Waals surface area contributed by atoms with Gasteiger partial charge in [0.05, 0.1) is 16.1 Å². The zero-order valence-electron chi connectivity index (χ0n) is 16.7. The molecule has 0 spiro atoms. The van der Waals surface area contributed by atoms with E-state index in [-0.39, 0.29) is 16.6 Å². The van der Waals surface area contributed by atoms with Crippen LogP contribution in [0.15, 0.2) is 59.5 Å². The second-order valence-corrected chi connectivity index (χ2v) is 10.1. The summed E-state index contributed by atoms with van der Waals surface area (Å²) in [6.07, 6.45) is -0.523. The van der Waals surface area contributed by atoms with Gasteiger partial charge in [-0.3, -0.25) is 9.10 Å². The molecule has 166 valence electrons. The van der Waals surface area contributed by atoms with Crippen LogP contribution in [0.1, 0.15) is 31.2 Å². The van der Waals surface area contributed by atoms with Crippen molar-refractivity contribution in [3.63, 3.8) is 0 Å². The first-order valence-electron chi connectivity index (χ1n) is 10.2. The molecular weight excluding hydrogens is 429 g/mol. The zero-order chi connectivity index (χ0) is 22.2. The zero-order valence-corrected chi connectivity index (χ0v) is 17.5. The number of benzene rings is 2. The highest BCUT2D eigenvalue weighted by molar-refractivity contribution is 7.92. The minimum Gasteiger partial charge on any atom is -0.352 e. The average molecular weight is 452 g/mol. The standard InChI is InChI=1S/C22H23F3N2O3S/c23-22(24,25)17-5-4-6-18(13-17)27(31(29,30)19-7-2-1-3-8-19)14-21(28)26-20-12-15-9-10-16(20)11-15/h1-8,13,15-16,20H,9-12,14H2,(H,26,28)/t15-,16+,20-/m0/s1. The monoisotopic (exact) mass is 452 g/mol. The van der Waals surface area contributed by atoms with Gasteiger partial charge in [-0.25, -0.2) is 8.42 Å². The predicted octanol–water partition coefficient (Wildman–Crippen LogP) is 4.21. The van der Waals surface area contributed by atoms with Crippen molar-refractivity contribution in [2.75, 3.05) is 10.8 Å². The Morgan fingerprint density at radius 2 is 1.77 bits per heavy atom. The molecule has 2 aromatic carbocycles. The fourth-order valence-electron chi connectivity index (χ4n) is 4.68. The summed E-state index contributed by atoms with van der Waals surface area (Å²) in [6, 6.07) is 11.4. The molecule has 2 aliphatic rings. The highest BCUT2D eigenvalue weighted by Crippen LogP contribution is 2.44. The number of nitrogens with zero attached hydrogens (tertiary/aromatic N) is 1. The SMILES string of the molecule is O=C(CN(c1cccc(C(F)(F)F)c1)S(=O)(=O)c1ccccc1)N[C@H]1C[C@H]2CC[C@@H]1C2. The Morgan fingerprint density at radius 3 is 2.39 bits per heavy atom. The van der Waals surface area contributed by atoms with E-state index < -0.39 is 34.2 Å². The lowest BCUT2D eigenvalue weighted by atomic mass is 9.95. The second-order valence-electron chi connectivity index (χ2n) is 8.22. The van der Waals surface area contributed by atoms with Gasteiger partial charge in [0.25, 0.3) is 10.0 Å². The van der Waals surface area contributed by atoms with E-state index in [2.05, 4.69) is 5.32 Å². The average Bonchev–Trinajstić information content (AvgIpc) is 3.35. The summed E-state index contributed by atoms with van der Waals surface area (Å²) in [4.78, 5) is 12.7. The Hall–Kier alpha value is -2.55. The number of amides is 1. The largest absolute Gasteiger partial charge is 0.416 e. The number of anilines is 1. The quantitative estimate of drug-likeness (QED) is 0.714. The normalized spacial score (nSPS) is 23.0. The molecule has 4 rings (SSSR count). The van der Waals surface area contributed by atoms with Crippen molar-refractivity contribution < 1.29 is 26.4 Å². The van der Waals surface area contributed by atoms with Gasteiger partial charge in [0, 0.05) is 6.04 Å². The molecule has 9 heteroatoms. The van der Waals surface area contributed by atoms with E-state index in [1.165, 1.54) is 30.3 Å². The molecule has 2 saturated carbocycles. The van der Waals surface area contributed by atoms with Gasteiger partial charge in [-0.15, -0.1) is 0 Å². The van der Waals surface area contributed by atoms with Gasteiger partial charge in [-0.05, 0) is 61.4 Å². The first-order valence-corrected chi connectivity index (χ1v) is 11.6. The molecule has 2 aromatic rings. The summed E-state index contributed by atoms with van der Waals surface area (Å²) in [5, 5.41) is 2.91. The second kappa shape index (κ2) is 8.18. The van der Waals surface area contributed by atoms with Gasteiger partial charge in [-0.2, -0.15) is 13.2 Å². The number of halogens is 3. The van der Waals surface area contributed by atoms with Crippen LogP contribution in [-0.4, -0.2) is 26.9 Å². The third-order valence-corrected chi connectivity index (χ3v) is 7.95. The lowest BCUT2D eigenvalue weighted by Gasteiger charge is -2.27. The van der Waals surface area contributed by atoms with Crippen molar-refractivity contribution >= 4 is 21.6 Å². The Bertz CT molecular complexity index is 1060. The summed E-state index contributed by atoms with van der Waals surface area (Å²) in [5.41, 5.74) is -1.19. The summed E-state index contributed by atoms with van der Waals surface area (Å²) in [6.45, 7) is -0.591. The summed E-state index contributed by atoms with van der Waals surface area (Å²) < 4.78 is 66.9. The van der Waals surface area contributed by atoms with E-state index in [1.54, 1.807) is 6.07 Å². The van der Waals surface area contributed by atoms with Crippen LogP contribution in [0.3, 0.4) is 0 Å². The topological polar surface area (TPSA) is 66.5 Å². The van der Waals surface area contributed by atoms with Crippen LogP contribution < -0.4 is 9.62 Å². The number of rotatable bonds is 6. The molecule has 0 saturated heterocycles. The highest BCUT2D eigenvalue weighted by atomic mass is 32.2. The maximum absolute atomic E-state index is 13.3. The number of hydrogen-bond donors (Lipinski definition) is 1. The Kier molecular flexibility index (Phi) is 5.72. The number of nitrogens with one attached hydrogen (secondary N) is 1. The molecule has 0 unspecified atom stereocenters. The maximum atomic E-state index is 13.3. The molecule has 0 aromatic heterocycles. The lowest BCUT2D eigenvalue weighted by molar-refractivity contribution is -0.137. The molecule has 2 aliphatic carbocycles. The van der Waals surface area contributed by atoms with E-state index in [1.807, 2.05) is 0 Å². The molecule has 1 N–H and O–H groups in total. The molecule has 31 heavy (non-hydrogen) atoms. The summed E-state index contributed by atoms with van der Waals surface area (Å²) >= 11 is 0. The van der Waals surface area contributed by atoms with E-state index in [0.29, 0.717) is 11.8 Å². The van der Waals surface area contributed by atoms with Gasteiger partial charge < -0.3 is 5.32 Å². The van der Waals surface area contributed by atoms with Gasteiger partial charge in [0.1, 0.15) is 6.54 Å². The number of hydrogen-bond acceptors (Lipinski definition) is 3. The molecule has 1 amide bonds. The molecule has 2 fully saturated rings. The van der Waals surface area contributed by atoms with Crippen LogP contribution in [0.25, 0.3) is 0 Å². The van der Waals surface area contributed by atoms with Gasteiger partial charge in [0.15, 0.2) is 0 Å². The van der Waals surface area contributed by atoms with Crippen LogP contribution in [0.4, 0.5) is 18.9 Å². The molecule has 0 radical (unpaired) electrons. The fourth-order valence-corrected chi connectivity index (χ4v) is 6.11. The number of alkyl halides is 3. The fraction of sp³-hybridized carbons (Fsp3) is 0.409. The molecule has 0 aliphatic heterocycles. The van der Waals surface area contributed by atoms with E-state index in [4.69, 9.17) is 0 Å². The van der Waals surface area contributed by atoms with E-state index >= 15 is 0 Å². The van der Waals surface area contributed by atoms with Crippen molar-refractivity contribution in [1.29, 1.82) is 0 Å². The van der Waals surface area contributed by atoms with Crippen molar-refractivity contribution in [1.82, 2.24) is 5.32 Å². The van der Waals surface area contributed by atoms with Crippen LogP contribution >= 0.6 is 0 Å². The van der Waals surface area contributed by atoms with Crippen LogP contribution in [-0.2, 0) is 21.0 Å². The first-order chi connectivity index (χ1) is 14.6. The van der Waals surface area contributed by atoms with Gasteiger partial charge >= 0.3 is 6.18 Å². The highest BCUT2D eigenvalue weighted by Gasteiger charge is 2.40. The minimum atomic E-state index is -4.64. The first kappa shape index (κ1) is 21.7. The number of fused-ring (bicyclic) bond motifs is 2. The minimum absolute atomic E-state index is 0.00552. The smallest absolute Gasteiger partial charge is 0.352 e. The number of sulfonamides is 1. The summed E-state index contributed by atoms with van der Waals surface area (Å²) in [5.74, 6) is 0.457. The van der Waals surface area contributed by atoms with Gasteiger partial charge in [0.2, 0.25) is 5.91 Å². The van der Waals surface area contributed by atoms with E-state index in [0.717, 1.165) is 48.2 Å². The van der Waals surface area contributed by atoms with Gasteiger partial charge in [-0.1, -0.05) is 30.7 Å². The maximum Gasteiger partial charge on any atom is 0.416 e. The molecule has 2 bridgehead atoms. The summed E-state index contributed by atoms with van der Waals surface area (Å²) in [7, 11) is -4.25. The number of carbonyl (C=O) groups excluding carboxylic acids is 1. The van der Waals surface area contributed by atoms with Crippen molar-refractivity contribution in [2.24, 2.45) is 11.8 Å². The van der Waals surface area contributed by atoms with E-state index in [9.17, 15) is 26.4 Å². The Morgan fingerprint density at radius 1 is 1.03 bits per heavy atom. The lowest BCUT2D eigenvalue weighted by Crippen LogP contribution is -2.46.